The Morgan fingerprint density at radius 3 is 2.17 bits per heavy atom. The molecule has 0 bridgehead atoms. The molecule has 0 aliphatic carbocycles. The molecule has 0 saturated heterocycles. The Morgan fingerprint density at radius 2 is 1.51 bits per heavy atom. The molecule has 0 spiro atoms. The van der Waals surface area contributed by atoms with E-state index in [0.717, 1.165) is 40.4 Å². The number of aryl methyl sites for hydroxylation is 1. The van der Waals surface area contributed by atoms with Crippen molar-refractivity contribution in [1.29, 1.82) is 0 Å². The second kappa shape index (κ2) is 10.9. The standard InChI is InChI=1S/C19H17N2.C12H10N.Ir/c1-13(2)15-11-12-21-18-16(15)9-6-10-17(18)20-19(21)14-7-4-3-5-8-14;1-10-6-5-9-12(13-10)11-7-3-2-4-8-11;/h3-7,9-11,13H,12H2,1-2H3;2-7,9H,1H3;/q2*-1;. The molecule has 0 atom stereocenters. The zero-order valence-electron chi connectivity index (χ0n) is 20.1. The minimum Gasteiger partial charge on any atom is -0.360 e. The molecule has 2 aromatic heterocycles. The molecule has 3 heterocycles. The van der Waals surface area contributed by atoms with Gasteiger partial charge in [-0.1, -0.05) is 44.2 Å². The average Bonchev–Trinajstić information content (AvgIpc) is 3.26. The van der Waals surface area contributed by atoms with Crippen LogP contribution in [0.15, 0.2) is 91.0 Å². The van der Waals surface area contributed by atoms with Crippen molar-refractivity contribution in [1.82, 2.24) is 14.5 Å². The predicted octanol–water partition coefficient (Wildman–Crippen LogP) is 7.41. The van der Waals surface area contributed by atoms with Crippen molar-refractivity contribution in [2.24, 2.45) is 5.92 Å². The largest absolute Gasteiger partial charge is 0.360 e. The number of rotatable bonds is 3. The Hall–Kier alpha value is -3.33. The number of pyridine rings is 1. The van der Waals surface area contributed by atoms with Crippen LogP contribution in [-0.2, 0) is 26.7 Å². The van der Waals surface area contributed by atoms with Gasteiger partial charge in [0.1, 0.15) is 0 Å². The van der Waals surface area contributed by atoms with Gasteiger partial charge in [-0.05, 0) is 36.2 Å². The number of hydrogen-bond donors (Lipinski definition) is 0. The molecular formula is C31H27IrN3-2. The summed E-state index contributed by atoms with van der Waals surface area (Å²) in [7, 11) is 0. The third-order valence-electron chi connectivity index (χ3n) is 6.02. The molecule has 3 aromatic carbocycles. The molecule has 4 heteroatoms. The van der Waals surface area contributed by atoms with Crippen LogP contribution in [-0.4, -0.2) is 14.5 Å². The van der Waals surface area contributed by atoms with Crippen LogP contribution in [0.4, 0.5) is 0 Å². The van der Waals surface area contributed by atoms with Gasteiger partial charge in [-0.3, -0.25) is 4.98 Å². The van der Waals surface area contributed by atoms with Crippen molar-refractivity contribution in [3.63, 3.8) is 0 Å². The molecule has 3 nitrogen and oxygen atoms in total. The van der Waals surface area contributed by atoms with Crippen LogP contribution in [0.3, 0.4) is 0 Å². The second-order valence-corrected chi connectivity index (χ2v) is 8.75. The molecule has 1 aliphatic rings. The first-order valence-electron chi connectivity index (χ1n) is 11.7. The topological polar surface area (TPSA) is 30.7 Å². The number of para-hydroxylation sites is 1. The fourth-order valence-electron chi connectivity index (χ4n) is 4.43. The van der Waals surface area contributed by atoms with Crippen LogP contribution >= 0.6 is 0 Å². The Morgan fingerprint density at radius 1 is 0.800 bits per heavy atom. The molecule has 1 aliphatic heterocycles. The molecule has 0 N–H and O–H groups in total. The summed E-state index contributed by atoms with van der Waals surface area (Å²) < 4.78 is 2.31. The maximum absolute atomic E-state index is 4.85. The third kappa shape index (κ3) is 5.19. The molecule has 0 saturated carbocycles. The van der Waals surface area contributed by atoms with Crippen LogP contribution in [0.25, 0.3) is 39.3 Å². The Kier molecular flexibility index (Phi) is 7.75. The van der Waals surface area contributed by atoms with Crippen LogP contribution < -0.4 is 0 Å². The first-order chi connectivity index (χ1) is 16.6. The van der Waals surface area contributed by atoms with Crippen LogP contribution in [0.1, 0.15) is 25.1 Å². The molecule has 5 aromatic rings. The van der Waals surface area contributed by atoms with E-state index in [1.807, 2.05) is 67.6 Å². The van der Waals surface area contributed by atoms with Crippen molar-refractivity contribution < 1.29 is 20.1 Å². The fourth-order valence-corrected chi connectivity index (χ4v) is 4.43. The van der Waals surface area contributed by atoms with Gasteiger partial charge in [0.2, 0.25) is 0 Å². The number of nitrogens with zero attached hydrogens (tertiary/aromatic N) is 3. The molecule has 0 unspecified atom stereocenters. The predicted molar refractivity (Wildman–Crippen MR) is 140 cm³/mol. The number of benzene rings is 3. The fraction of sp³-hybridized carbons (Fsp3) is 0.161. The SMILES string of the molecule is CC(C)C1=CCn2c(-c3[c-]cccc3)nc3cccc1c32.Cc1cccc(-c2[c-]cccc2)n1.[Ir]. The van der Waals surface area contributed by atoms with Crippen molar-refractivity contribution >= 4 is 16.6 Å². The van der Waals surface area contributed by atoms with Crippen molar-refractivity contribution in [2.75, 3.05) is 0 Å². The van der Waals surface area contributed by atoms with Crippen LogP contribution in [0.2, 0.25) is 0 Å². The third-order valence-corrected chi connectivity index (χ3v) is 6.02. The monoisotopic (exact) mass is 634 g/mol. The van der Waals surface area contributed by atoms with Gasteiger partial charge >= 0.3 is 0 Å². The summed E-state index contributed by atoms with van der Waals surface area (Å²) >= 11 is 0. The van der Waals surface area contributed by atoms with E-state index in [0.29, 0.717) is 5.92 Å². The molecule has 1 radical (unpaired) electrons. The zero-order valence-corrected chi connectivity index (χ0v) is 22.5. The molecule has 177 valence electrons. The van der Waals surface area contributed by atoms with Gasteiger partial charge in [0.05, 0.1) is 16.9 Å². The smallest absolute Gasteiger partial charge is 0.0777 e. The summed E-state index contributed by atoms with van der Waals surface area (Å²) in [6.07, 6.45) is 2.33. The zero-order chi connectivity index (χ0) is 23.5. The first kappa shape index (κ1) is 24.8. The summed E-state index contributed by atoms with van der Waals surface area (Å²) in [4.78, 5) is 9.26. The summed E-state index contributed by atoms with van der Waals surface area (Å²) in [5.74, 6) is 1.54. The van der Waals surface area contributed by atoms with E-state index in [1.54, 1.807) is 0 Å². The van der Waals surface area contributed by atoms with Crippen molar-refractivity contribution in [3.8, 4) is 22.6 Å². The van der Waals surface area contributed by atoms with Gasteiger partial charge in [0, 0.05) is 37.9 Å². The van der Waals surface area contributed by atoms with Gasteiger partial charge in [-0.15, -0.1) is 71.8 Å². The van der Waals surface area contributed by atoms with E-state index in [4.69, 9.17) is 4.98 Å². The summed E-state index contributed by atoms with van der Waals surface area (Å²) in [5.41, 5.74) is 9.21. The van der Waals surface area contributed by atoms with E-state index >= 15 is 0 Å². The van der Waals surface area contributed by atoms with Gasteiger partial charge < -0.3 is 9.55 Å². The Labute approximate surface area is 220 Å². The van der Waals surface area contributed by atoms with Crippen molar-refractivity contribution in [2.45, 2.75) is 27.3 Å². The quantitative estimate of drug-likeness (QED) is 0.194. The average molecular weight is 634 g/mol. The van der Waals surface area contributed by atoms with Gasteiger partial charge in [0.15, 0.2) is 0 Å². The molecule has 0 fully saturated rings. The Bertz CT molecular complexity index is 1450. The van der Waals surface area contributed by atoms with Gasteiger partial charge in [-0.25, -0.2) is 0 Å². The minimum absolute atomic E-state index is 0. The van der Waals surface area contributed by atoms with E-state index in [2.05, 4.69) is 65.9 Å². The summed E-state index contributed by atoms with van der Waals surface area (Å²) in [6, 6.07) is 34.8. The van der Waals surface area contributed by atoms with E-state index in [-0.39, 0.29) is 20.1 Å². The summed E-state index contributed by atoms with van der Waals surface area (Å²) in [5, 5.41) is 0. The number of hydrogen-bond acceptors (Lipinski definition) is 2. The number of allylic oxidation sites excluding steroid dienone is 2. The first-order valence-corrected chi connectivity index (χ1v) is 11.7. The van der Waals surface area contributed by atoms with Crippen molar-refractivity contribution in [3.05, 3.63) is 114 Å². The second-order valence-electron chi connectivity index (χ2n) is 8.75. The van der Waals surface area contributed by atoms with Gasteiger partial charge in [0.25, 0.3) is 0 Å². The van der Waals surface area contributed by atoms with E-state index in [1.165, 1.54) is 16.7 Å². The summed E-state index contributed by atoms with van der Waals surface area (Å²) in [6.45, 7) is 7.39. The maximum atomic E-state index is 4.85. The van der Waals surface area contributed by atoms with Gasteiger partial charge in [-0.2, -0.15) is 0 Å². The molecular weight excluding hydrogens is 607 g/mol. The minimum atomic E-state index is 0. The Balaban J connectivity index is 0.000000179. The maximum Gasteiger partial charge on any atom is 0.0777 e. The number of aromatic nitrogens is 3. The van der Waals surface area contributed by atoms with Crippen LogP contribution in [0.5, 0.6) is 0 Å². The van der Waals surface area contributed by atoms with Crippen LogP contribution in [0, 0.1) is 25.0 Å². The molecule has 35 heavy (non-hydrogen) atoms. The number of imidazole rings is 1. The van der Waals surface area contributed by atoms with E-state index in [9.17, 15) is 0 Å². The molecule has 6 rings (SSSR count). The normalized spacial score (nSPS) is 11.9. The molecule has 0 amide bonds. The van der Waals surface area contributed by atoms with E-state index < -0.39 is 0 Å².